The lowest BCUT2D eigenvalue weighted by atomic mass is 10.1. The minimum atomic E-state index is -3.39. The molecule has 1 aliphatic heterocycles. The van der Waals surface area contributed by atoms with E-state index in [0.29, 0.717) is 43.9 Å². The Bertz CT molecular complexity index is 735. The highest BCUT2D eigenvalue weighted by Gasteiger charge is 2.39. The van der Waals surface area contributed by atoms with Crippen LogP contribution < -0.4 is 9.47 Å². The SMILES string of the molecule is CCCS(=O)(=O)N1CCCC1C(=O)N(C)Cc1ccc(OC)cc1OC. The number of ether oxygens (including phenoxy) is 2. The van der Waals surface area contributed by atoms with Gasteiger partial charge in [-0.05, 0) is 31.4 Å². The molecule has 0 spiro atoms. The second kappa shape index (κ2) is 8.73. The molecule has 1 aromatic carbocycles. The van der Waals surface area contributed by atoms with E-state index in [4.69, 9.17) is 9.47 Å². The number of carbonyl (C=O) groups is 1. The number of amides is 1. The number of likely N-dealkylation sites (N-methyl/N-ethyl adjacent to an activating group) is 1. The molecule has 7 nitrogen and oxygen atoms in total. The van der Waals surface area contributed by atoms with Crippen LogP contribution in [0.15, 0.2) is 18.2 Å². The van der Waals surface area contributed by atoms with E-state index < -0.39 is 16.1 Å². The van der Waals surface area contributed by atoms with Crippen molar-refractivity contribution in [3.05, 3.63) is 23.8 Å². The average Bonchev–Trinajstić information content (AvgIpc) is 3.12. The van der Waals surface area contributed by atoms with E-state index in [-0.39, 0.29) is 11.7 Å². The maximum Gasteiger partial charge on any atom is 0.241 e. The molecule has 1 heterocycles. The molecule has 1 aromatic rings. The fourth-order valence-electron chi connectivity index (χ4n) is 3.27. The Hall–Kier alpha value is -1.80. The van der Waals surface area contributed by atoms with Crippen LogP contribution in [0.2, 0.25) is 0 Å². The molecule has 26 heavy (non-hydrogen) atoms. The molecule has 2 rings (SSSR count). The van der Waals surface area contributed by atoms with Gasteiger partial charge in [-0.1, -0.05) is 6.92 Å². The van der Waals surface area contributed by atoms with Gasteiger partial charge in [-0.3, -0.25) is 4.79 Å². The van der Waals surface area contributed by atoms with Crippen molar-refractivity contribution in [3.8, 4) is 11.5 Å². The van der Waals surface area contributed by atoms with Crippen LogP contribution in [0.5, 0.6) is 11.5 Å². The number of rotatable bonds is 8. The maximum atomic E-state index is 12.9. The summed E-state index contributed by atoms with van der Waals surface area (Å²) in [7, 11) is 1.45. The molecule has 1 amide bonds. The molecule has 0 radical (unpaired) electrons. The molecule has 1 saturated heterocycles. The van der Waals surface area contributed by atoms with Crippen LogP contribution in [-0.4, -0.2) is 63.1 Å². The highest BCUT2D eigenvalue weighted by Crippen LogP contribution is 2.27. The van der Waals surface area contributed by atoms with Gasteiger partial charge in [0.2, 0.25) is 15.9 Å². The van der Waals surface area contributed by atoms with Crippen molar-refractivity contribution in [2.24, 2.45) is 0 Å². The second-order valence-electron chi connectivity index (χ2n) is 6.46. The monoisotopic (exact) mass is 384 g/mol. The van der Waals surface area contributed by atoms with E-state index in [1.54, 1.807) is 32.2 Å². The Morgan fingerprint density at radius 2 is 2.04 bits per heavy atom. The minimum Gasteiger partial charge on any atom is -0.497 e. The fraction of sp³-hybridized carbons (Fsp3) is 0.611. The van der Waals surface area contributed by atoms with Gasteiger partial charge in [0.25, 0.3) is 0 Å². The highest BCUT2D eigenvalue weighted by molar-refractivity contribution is 7.89. The zero-order chi connectivity index (χ0) is 19.3. The lowest BCUT2D eigenvalue weighted by Crippen LogP contribution is -2.46. The summed E-state index contributed by atoms with van der Waals surface area (Å²) >= 11 is 0. The van der Waals surface area contributed by atoms with Crippen LogP contribution >= 0.6 is 0 Å². The van der Waals surface area contributed by atoms with E-state index >= 15 is 0 Å². The van der Waals surface area contributed by atoms with Crippen LogP contribution in [0.3, 0.4) is 0 Å². The number of benzene rings is 1. The van der Waals surface area contributed by atoms with E-state index in [9.17, 15) is 13.2 Å². The van der Waals surface area contributed by atoms with Crippen LogP contribution in [-0.2, 0) is 21.4 Å². The van der Waals surface area contributed by atoms with Gasteiger partial charge in [-0.25, -0.2) is 8.42 Å². The third kappa shape index (κ3) is 4.48. The first kappa shape index (κ1) is 20.5. The summed E-state index contributed by atoms with van der Waals surface area (Å²) in [4.78, 5) is 14.5. The Morgan fingerprint density at radius 1 is 1.31 bits per heavy atom. The van der Waals surface area contributed by atoms with Crippen molar-refractivity contribution >= 4 is 15.9 Å². The van der Waals surface area contributed by atoms with Crippen LogP contribution in [0.25, 0.3) is 0 Å². The Labute approximate surface area is 155 Å². The lowest BCUT2D eigenvalue weighted by molar-refractivity contribution is -0.133. The number of methoxy groups -OCH3 is 2. The summed E-state index contributed by atoms with van der Waals surface area (Å²) in [6, 6.07) is 4.81. The van der Waals surface area contributed by atoms with Crippen molar-refractivity contribution in [2.75, 3.05) is 33.6 Å². The molecule has 146 valence electrons. The Kier molecular flexibility index (Phi) is 6.88. The molecule has 1 aliphatic rings. The zero-order valence-corrected chi connectivity index (χ0v) is 16.7. The highest BCUT2D eigenvalue weighted by atomic mass is 32.2. The first-order valence-corrected chi connectivity index (χ1v) is 10.4. The van der Waals surface area contributed by atoms with Gasteiger partial charge in [0.15, 0.2) is 0 Å². The van der Waals surface area contributed by atoms with E-state index in [0.717, 1.165) is 5.56 Å². The van der Waals surface area contributed by atoms with Crippen molar-refractivity contribution in [1.29, 1.82) is 0 Å². The minimum absolute atomic E-state index is 0.0762. The molecule has 0 aromatic heterocycles. The summed E-state index contributed by atoms with van der Waals surface area (Å²) < 4.78 is 36.8. The summed E-state index contributed by atoms with van der Waals surface area (Å²) in [5.41, 5.74) is 0.838. The Morgan fingerprint density at radius 3 is 2.65 bits per heavy atom. The summed E-state index contributed by atoms with van der Waals surface area (Å²) in [5.74, 6) is 1.20. The standard InChI is InChI=1S/C18H28N2O5S/c1-5-11-26(22,23)20-10-6-7-16(20)18(21)19(2)13-14-8-9-15(24-3)12-17(14)25-4/h8-9,12,16H,5-7,10-11,13H2,1-4H3. The van der Waals surface area contributed by atoms with Gasteiger partial charge in [0.05, 0.1) is 20.0 Å². The van der Waals surface area contributed by atoms with Crippen LogP contribution in [0, 0.1) is 0 Å². The number of carbonyl (C=O) groups excluding carboxylic acids is 1. The summed E-state index contributed by atoms with van der Waals surface area (Å²) in [6.45, 7) is 2.58. The largest absolute Gasteiger partial charge is 0.497 e. The first-order chi connectivity index (χ1) is 12.3. The lowest BCUT2D eigenvalue weighted by Gasteiger charge is -2.28. The van der Waals surface area contributed by atoms with Crippen molar-refractivity contribution in [3.63, 3.8) is 0 Å². The molecule has 1 atom stereocenters. The third-order valence-corrected chi connectivity index (χ3v) is 6.66. The normalized spacial score (nSPS) is 17.9. The number of nitrogens with zero attached hydrogens (tertiary/aromatic N) is 2. The van der Waals surface area contributed by atoms with Crippen LogP contribution in [0.4, 0.5) is 0 Å². The number of hydrogen-bond donors (Lipinski definition) is 0. The van der Waals surface area contributed by atoms with Crippen molar-refractivity contribution in [1.82, 2.24) is 9.21 Å². The predicted molar refractivity (Wildman–Crippen MR) is 99.8 cm³/mol. The van der Waals surface area contributed by atoms with Gasteiger partial charge < -0.3 is 14.4 Å². The van der Waals surface area contributed by atoms with Crippen molar-refractivity contribution in [2.45, 2.75) is 38.8 Å². The molecular weight excluding hydrogens is 356 g/mol. The van der Waals surface area contributed by atoms with Gasteiger partial charge in [-0.15, -0.1) is 0 Å². The van der Waals surface area contributed by atoms with Crippen molar-refractivity contribution < 1.29 is 22.7 Å². The number of hydrogen-bond acceptors (Lipinski definition) is 5. The summed E-state index contributed by atoms with van der Waals surface area (Å²) in [6.07, 6.45) is 1.81. The average molecular weight is 384 g/mol. The predicted octanol–water partition coefficient (Wildman–Crippen LogP) is 1.87. The molecule has 1 unspecified atom stereocenters. The molecule has 0 saturated carbocycles. The van der Waals surface area contributed by atoms with E-state index in [1.165, 1.54) is 4.31 Å². The van der Waals surface area contributed by atoms with Crippen LogP contribution in [0.1, 0.15) is 31.7 Å². The number of sulfonamides is 1. The van der Waals surface area contributed by atoms with E-state index in [2.05, 4.69) is 0 Å². The second-order valence-corrected chi connectivity index (χ2v) is 8.50. The third-order valence-electron chi connectivity index (χ3n) is 4.59. The maximum absolute atomic E-state index is 12.9. The smallest absolute Gasteiger partial charge is 0.241 e. The van der Waals surface area contributed by atoms with Gasteiger partial charge in [0.1, 0.15) is 17.5 Å². The fourth-order valence-corrected chi connectivity index (χ4v) is 5.01. The Balaban J connectivity index is 2.14. The quantitative estimate of drug-likeness (QED) is 0.684. The first-order valence-electron chi connectivity index (χ1n) is 8.79. The molecular formula is C18H28N2O5S. The van der Waals surface area contributed by atoms with E-state index in [1.807, 2.05) is 19.1 Å². The van der Waals surface area contributed by atoms with Gasteiger partial charge >= 0.3 is 0 Å². The molecule has 0 N–H and O–H groups in total. The topological polar surface area (TPSA) is 76.2 Å². The summed E-state index contributed by atoms with van der Waals surface area (Å²) in [5, 5.41) is 0. The zero-order valence-electron chi connectivity index (χ0n) is 15.9. The van der Waals surface area contributed by atoms with Gasteiger partial charge in [-0.2, -0.15) is 4.31 Å². The molecule has 8 heteroatoms. The molecule has 0 aliphatic carbocycles. The molecule has 1 fully saturated rings. The molecule has 0 bridgehead atoms. The van der Waals surface area contributed by atoms with Gasteiger partial charge in [0, 0.05) is 31.8 Å².